The van der Waals surface area contributed by atoms with Gasteiger partial charge in [0.2, 0.25) is 23.6 Å². The van der Waals surface area contributed by atoms with Gasteiger partial charge in [0.1, 0.15) is 6.04 Å². The second-order valence-corrected chi connectivity index (χ2v) is 9.40. The third-order valence-corrected chi connectivity index (χ3v) is 5.22. The van der Waals surface area contributed by atoms with Crippen LogP contribution in [0.2, 0.25) is 0 Å². The third kappa shape index (κ3) is 7.62. The number of amides is 6. The quantitative estimate of drug-likeness (QED) is 0.192. The molecule has 1 aromatic rings. The van der Waals surface area contributed by atoms with Gasteiger partial charge in [-0.05, 0) is 20.8 Å². The Balaban J connectivity index is 2.19. The van der Waals surface area contributed by atoms with Crippen LogP contribution in [-0.2, 0) is 35.2 Å². The summed E-state index contributed by atoms with van der Waals surface area (Å²) in [6, 6.07) is -3.17. The summed E-state index contributed by atoms with van der Waals surface area (Å²) in [6.07, 6.45) is 2.86. The van der Waals surface area contributed by atoms with Gasteiger partial charge in [0.25, 0.3) is 11.8 Å². The Morgan fingerprint density at radius 3 is 2.37 bits per heavy atom. The SMILES string of the molecule is CNC(=O)C(NC(=O)C(CC(=O)NC(C)(C)C)N1C(=O)CC(C)C1=O)C(=O)NCCc1cnc[nH]1. The Hall–Kier alpha value is -3.77. The molecule has 6 amide bonds. The fourth-order valence-corrected chi connectivity index (χ4v) is 3.56. The van der Waals surface area contributed by atoms with E-state index in [1.165, 1.54) is 13.4 Å². The summed E-state index contributed by atoms with van der Waals surface area (Å²) in [5.74, 6) is -4.99. The second kappa shape index (κ2) is 11.6. The molecule has 13 nitrogen and oxygen atoms in total. The number of imide groups is 1. The molecule has 1 aliphatic heterocycles. The molecule has 0 spiro atoms. The van der Waals surface area contributed by atoms with E-state index in [9.17, 15) is 28.8 Å². The van der Waals surface area contributed by atoms with Gasteiger partial charge in [0, 0.05) is 49.8 Å². The molecule has 0 aromatic carbocycles. The molecular weight excluding hydrogens is 458 g/mol. The molecule has 1 aromatic heterocycles. The van der Waals surface area contributed by atoms with Crippen LogP contribution in [0.15, 0.2) is 12.5 Å². The van der Waals surface area contributed by atoms with Crippen molar-refractivity contribution < 1.29 is 28.8 Å². The van der Waals surface area contributed by atoms with Gasteiger partial charge in [0.15, 0.2) is 6.04 Å². The van der Waals surface area contributed by atoms with Crippen LogP contribution < -0.4 is 21.3 Å². The molecule has 0 radical (unpaired) electrons. The van der Waals surface area contributed by atoms with E-state index < -0.39 is 65.4 Å². The van der Waals surface area contributed by atoms with Crippen LogP contribution in [0, 0.1) is 5.92 Å². The highest BCUT2D eigenvalue weighted by atomic mass is 16.2. The van der Waals surface area contributed by atoms with Crippen molar-refractivity contribution in [3.05, 3.63) is 18.2 Å². The molecule has 192 valence electrons. The molecule has 1 aliphatic rings. The van der Waals surface area contributed by atoms with Crippen molar-refractivity contribution in [3.8, 4) is 0 Å². The average Bonchev–Trinajstić information content (AvgIpc) is 3.36. The van der Waals surface area contributed by atoms with Crippen molar-refractivity contribution in [1.29, 1.82) is 0 Å². The topological polar surface area (TPSA) is 182 Å². The molecule has 2 rings (SSSR count). The number of hydrogen-bond acceptors (Lipinski definition) is 7. The predicted molar refractivity (Wildman–Crippen MR) is 123 cm³/mol. The minimum Gasteiger partial charge on any atom is -0.357 e. The first kappa shape index (κ1) is 27.5. The summed E-state index contributed by atoms with van der Waals surface area (Å²) in [6.45, 7) is 6.92. The maximum atomic E-state index is 13.2. The molecule has 0 saturated carbocycles. The van der Waals surface area contributed by atoms with Gasteiger partial charge in [-0.1, -0.05) is 6.92 Å². The summed E-state index contributed by atoms with van der Waals surface area (Å²) in [4.78, 5) is 83.5. The number of aromatic amines is 1. The van der Waals surface area contributed by atoms with E-state index in [-0.39, 0.29) is 13.0 Å². The number of likely N-dealkylation sites (N-methyl/N-ethyl adjacent to an activating group) is 1. The summed E-state index contributed by atoms with van der Waals surface area (Å²) in [5.41, 5.74) is 0.139. The number of aromatic nitrogens is 2. The lowest BCUT2D eigenvalue weighted by Gasteiger charge is -2.28. The molecular formula is C22H33N7O6. The van der Waals surface area contributed by atoms with Gasteiger partial charge < -0.3 is 26.3 Å². The van der Waals surface area contributed by atoms with Crippen LogP contribution in [0.25, 0.3) is 0 Å². The predicted octanol–water partition coefficient (Wildman–Crippen LogP) is -1.63. The van der Waals surface area contributed by atoms with E-state index in [0.29, 0.717) is 6.42 Å². The van der Waals surface area contributed by atoms with Gasteiger partial charge in [-0.25, -0.2) is 4.98 Å². The molecule has 0 bridgehead atoms. The smallest absolute Gasteiger partial charge is 0.252 e. The van der Waals surface area contributed by atoms with Crippen LogP contribution in [-0.4, -0.2) is 81.5 Å². The first-order chi connectivity index (χ1) is 16.3. The summed E-state index contributed by atoms with van der Waals surface area (Å²) in [7, 11) is 1.29. The standard InChI is InChI=1S/C22H33N7O6/c1-12-8-16(31)29(21(12)35)14(9-15(30)28-22(2,3)4)18(32)27-17(19(33)23-5)20(34)25-7-6-13-10-24-11-26-13/h10-12,14,17H,6-9H2,1-5H3,(H,23,33)(H,24,26)(H,25,34)(H,27,32)(H,28,30). The fraction of sp³-hybridized carbons (Fsp3) is 0.591. The molecule has 13 heteroatoms. The van der Waals surface area contributed by atoms with Crippen molar-refractivity contribution in [1.82, 2.24) is 36.1 Å². The number of likely N-dealkylation sites (tertiary alicyclic amines) is 1. The highest BCUT2D eigenvalue weighted by molar-refractivity contribution is 6.10. The lowest BCUT2D eigenvalue weighted by molar-refractivity contribution is -0.149. The Labute approximate surface area is 203 Å². The lowest BCUT2D eigenvalue weighted by atomic mass is 10.1. The maximum absolute atomic E-state index is 13.2. The summed E-state index contributed by atoms with van der Waals surface area (Å²) in [5, 5.41) is 9.85. The van der Waals surface area contributed by atoms with Crippen molar-refractivity contribution in [3.63, 3.8) is 0 Å². The number of nitrogens with zero attached hydrogens (tertiary/aromatic N) is 2. The van der Waals surface area contributed by atoms with Gasteiger partial charge >= 0.3 is 0 Å². The van der Waals surface area contributed by atoms with Gasteiger partial charge in [-0.3, -0.25) is 33.7 Å². The third-order valence-electron chi connectivity index (χ3n) is 5.22. The average molecular weight is 492 g/mol. The Morgan fingerprint density at radius 2 is 1.86 bits per heavy atom. The minimum absolute atomic E-state index is 0.101. The molecule has 1 fully saturated rings. The summed E-state index contributed by atoms with van der Waals surface area (Å²) >= 11 is 0. The number of nitrogens with one attached hydrogen (secondary N) is 5. The number of imidazole rings is 1. The van der Waals surface area contributed by atoms with E-state index in [1.807, 2.05) is 0 Å². The number of H-pyrrole nitrogens is 1. The lowest BCUT2D eigenvalue weighted by Crippen LogP contribution is -2.60. The molecule has 35 heavy (non-hydrogen) atoms. The molecule has 2 heterocycles. The van der Waals surface area contributed by atoms with Crippen LogP contribution in [0.1, 0.15) is 46.2 Å². The second-order valence-electron chi connectivity index (χ2n) is 9.40. The number of carbonyl (C=O) groups excluding carboxylic acids is 6. The van der Waals surface area contributed by atoms with Gasteiger partial charge in [-0.2, -0.15) is 0 Å². The van der Waals surface area contributed by atoms with Crippen molar-refractivity contribution in [2.45, 2.75) is 64.6 Å². The highest BCUT2D eigenvalue weighted by Crippen LogP contribution is 2.23. The Kier molecular flexibility index (Phi) is 9.09. The zero-order chi connectivity index (χ0) is 26.3. The largest absolute Gasteiger partial charge is 0.357 e. The summed E-state index contributed by atoms with van der Waals surface area (Å²) < 4.78 is 0. The van der Waals surface area contributed by atoms with Gasteiger partial charge in [0.05, 0.1) is 12.7 Å². The first-order valence-electron chi connectivity index (χ1n) is 11.3. The minimum atomic E-state index is -1.65. The van der Waals surface area contributed by atoms with Crippen molar-refractivity contribution >= 4 is 35.4 Å². The Bertz CT molecular complexity index is 969. The van der Waals surface area contributed by atoms with E-state index in [4.69, 9.17) is 0 Å². The molecule has 3 atom stereocenters. The van der Waals surface area contributed by atoms with E-state index >= 15 is 0 Å². The number of rotatable bonds is 10. The van der Waals surface area contributed by atoms with E-state index in [1.54, 1.807) is 33.9 Å². The normalized spacial score (nSPS) is 17.5. The first-order valence-corrected chi connectivity index (χ1v) is 11.3. The fourth-order valence-electron chi connectivity index (χ4n) is 3.56. The molecule has 0 aliphatic carbocycles. The van der Waals surface area contributed by atoms with Crippen molar-refractivity contribution in [2.75, 3.05) is 13.6 Å². The van der Waals surface area contributed by atoms with Crippen LogP contribution in [0.3, 0.4) is 0 Å². The van der Waals surface area contributed by atoms with Crippen molar-refractivity contribution in [2.24, 2.45) is 5.92 Å². The Morgan fingerprint density at radius 1 is 1.17 bits per heavy atom. The molecule has 1 saturated heterocycles. The van der Waals surface area contributed by atoms with E-state index in [0.717, 1.165) is 10.6 Å². The van der Waals surface area contributed by atoms with Crippen LogP contribution in [0.5, 0.6) is 0 Å². The monoisotopic (exact) mass is 491 g/mol. The molecule has 3 unspecified atom stereocenters. The number of carbonyl (C=O) groups is 6. The van der Waals surface area contributed by atoms with Crippen LogP contribution >= 0.6 is 0 Å². The number of hydrogen-bond donors (Lipinski definition) is 5. The zero-order valence-electron chi connectivity index (χ0n) is 20.6. The highest BCUT2D eigenvalue weighted by Gasteiger charge is 2.45. The van der Waals surface area contributed by atoms with E-state index in [2.05, 4.69) is 31.2 Å². The van der Waals surface area contributed by atoms with Crippen LogP contribution in [0.4, 0.5) is 0 Å². The van der Waals surface area contributed by atoms with Gasteiger partial charge in [-0.15, -0.1) is 0 Å². The molecule has 5 N–H and O–H groups in total. The zero-order valence-corrected chi connectivity index (χ0v) is 20.6. The maximum Gasteiger partial charge on any atom is 0.252 e.